The highest BCUT2D eigenvalue weighted by molar-refractivity contribution is 5.76. The molecule has 1 aliphatic rings. The quantitative estimate of drug-likeness (QED) is 0.220. The van der Waals surface area contributed by atoms with Crippen LogP contribution in [0, 0.1) is 0 Å². The van der Waals surface area contributed by atoms with Gasteiger partial charge in [0.1, 0.15) is 0 Å². The summed E-state index contributed by atoms with van der Waals surface area (Å²) in [7, 11) is 0. The van der Waals surface area contributed by atoms with E-state index >= 15 is 0 Å². The lowest BCUT2D eigenvalue weighted by atomic mass is 9.96. The first-order valence-corrected chi connectivity index (χ1v) is 14.6. The zero-order chi connectivity index (χ0) is 27.6. The van der Waals surface area contributed by atoms with E-state index in [1.54, 1.807) is 0 Å². The molecule has 0 aliphatic carbocycles. The van der Waals surface area contributed by atoms with Crippen molar-refractivity contribution in [3.05, 3.63) is 132 Å². The van der Waals surface area contributed by atoms with Crippen LogP contribution in [0.3, 0.4) is 0 Å². The van der Waals surface area contributed by atoms with Gasteiger partial charge in [0.25, 0.3) is 0 Å². The number of nitrogens with zero attached hydrogens (tertiary/aromatic N) is 2. The van der Waals surface area contributed by atoms with E-state index in [-0.39, 0.29) is 24.6 Å². The van der Waals surface area contributed by atoms with Gasteiger partial charge in [-0.2, -0.15) is 0 Å². The topological polar surface area (TPSA) is 43.8 Å². The zero-order valence-electron chi connectivity index (χ0n) is 23.2. The highest BCUT2D eigenvalue weighted by Gasteiger charge is 2.29. The van der Waals surface area contributed by atoms with Crippen molar-refractivity contribution in [3.8, 4) is 11.1 Å². The third kappa shape index (κ3) is 7.47. The lowest BCUT2D eigenvalue weighted by molar-refractivity contribution is -0.133. The first-order valence-electron chi connectivity index (χ1n) is 14.6. The Balaban J connectivity index is 1.39. The molecular weight excluding hydrogens is 492 g/mol. The third-order valence-corrected chi connectivity index (χ3v) is 8.11. The van der Waals surface area contributed by atoms with Gasteiger partial charge in [-0.15, -0.1) is 0 Å². The van der Waals surface area contributed by atoms with Crippen molar-refractivity contribution in [1.29, 1.82) is 0 Å². The van der Waals surface area contributed by atoms with Crippen LogP contribution in [0.4, 0.5) is 0 Å². The first kappa shape index (κ1) is 27.8. The molecule has 0 bridgehead atoms. The van der Waals surface area contributed by atoms with Crippen molar-refractivity contribution in [2.75, 3.05) is 13.2 Å². The predicted octanol–water partition coefficient (Wildman–Crippen LogP) is 6.73. The molecule has 1 fully saturated rings. The SMILES string of the molecule is O=C(CCC(Cc1ccc(-c2ccccc2)cc1)N(Cc1ccccc1)Cc1ccccc1)N1CCC[C@H]1CO. The predicted molar refractivity (Wildman–Crippen MR) is 163 cm³/mol. The molecule has 2 atom stereocenters. The van der Waals surface area contributed by atoms with E-state index in [0.29, 0.717) is 6.42 Å². The largest absolute Gasteiger partial charge is 0.394 e. The standard InChI is InChI=1S/C36H40N2O2/c39-28-35-17-10-24-38(35)36(40)23-22-34(25-29-18-20-33(21-19-29)32-15-8-3-9-16-32)37(26-30-11-4-1-5-12-30)27-31-13-6-2-7-14-31/h1-9,11-16,18-21,34-35,39H,10,17,22-28H2/t34?,35-/m0/s1. The maximum atomic E-state index is 13.3. The van der Waals surface area contributed by atoms with Crippen molar-refractivity contribution in [1.82, 2.24) is 9.80 Å². The van der Waals surface area contributed by atoms with Gasteiger partial charge in [-0.05, 0) is 53.5 Å². The molecule has 1 heterocycles. The number of aliphatic hydroxyl groups is 1. The third-order valence-electron chi connectivity index (χ3n) is 8.11. The molecule has 4 heteroatoms. The van der Waals surface area contributed by atoms with Crippen LogP contribution in [-0.4, -0.2) is 46.0 Å². The van der Waals surface area contributed by atoms with Crippen LogP contribution in [0.15, 0.2) is 115 Å². The number of aliphatic hydroxyl groups excluding tert-OH is 1. The number of amides is 1. The molecule has 1 aliphatic heterocycles. The molecule has 0 saturated carbocycles. The van der Waals surface area contributed by atoms with Crippen molar-refractivity contribution in [2.45, 2.75) is 57.3 Å². The molecule has 0 spiro atoms. The van der Waals surface area contributed by atoms with E-state index in [9.17, 15) is 9.90 Å². The molecule has 0 aromatic heterocycles. The van der Waals surface area contributed by atoms with Gasteiger partial charge in [-0.1, -0.05) is 115 Å². The molecule has 4 nitrogen and oxygen atoms in total. The Morgan fingerprint density at radius 3 is 1.88 bits per heavy atom. The van der Waals surface area contributed by atoms with E-state index in [4.69, 9.17) is 0 Å². The molecule has 4 aromatic carbocycles. The Morgan fingerprint density at radius 1 is 0.750 bits per heavy atom. The maximum absolute atomic E-state index is 13.3. The van der Waals surface area contributed by atoms with Crippen LogP contribution in [0.5, 0.6) is 0 Å². The van der Waals surface area contributed by atoms with Crippen LogP contribution in [0.25, 0.3) is 11.1 Å². The maximum Gasteiger partial charge on any atom is 0.222 e. The van der Waals surface area contributed by atoms with Crippen LogP contribution in [0.2, 0.25) is 0 Å². The number of carbonyl (C=O) groups excluding carboxylic acids is 1. The molecular formula is C36H40N2O2. The lowest BCUT2D eigenvalue weighted by Gasteiger charge is -2.33. The van der Waals surface area contributed by atoms with Crippen LogP contribution in [-0.2, 0) is 24.3 Å². The Labute approximate surface area is 238 Å². The number of hydrogen-bond acceptors (Lipinski definition) is 3. The summed E-state index contributed by atoms with van der Waals surface area (Å²) >= 11 is 0. The van der Waals surface area contributed by atoms with Crippen LogP contribution in [0.1, 0.15) is 42.4 Å². The molecule has 1 unspecified atom stereocenters. The summed E-state index contributed by atoms with van der Waals surface area (Å²) < 4.78 is 0. The van der Waals surface area contributed by atoms with E-state index in [0.717, 1.165) is 45.3 Å². The van der Waals surface area contributed by atoms with E-state index in [2.05, 4.69) is 114 Å². The fourth-order valence-electron chi connectivity index (χ4n) is 5.89. The molecule has 206 valence electrons. The summed E-state index contributed by atoms with van der Waals surface area (Å²) in [5.41, 5.74) is 6.25. The number of likely N-dealkylation sites (tertiary alicyclic amines) is 1. The van der Waals surface area contributed by atoms with Crippen molar-refractivity contribution in [2.24, 2.45) is 0 Å². The smallest absolute Gasteiger partial charge is 0.222 e. The lowest BCUT2D eigenvalue weighted by Crippen LogP contribution is -2.40. The minimum atomic E-state index is -0.0266. The van der Waals surface area contributed by atoms with Gasteiger partial charge >= 0.3 is 0 Å². The first-order chi connectivity index (χ1) is 19.7. The Hall–Kier alpha value is -3.73. The van der Waals surface area contributed by atoms with Gasteiger partial charge in [-0.3, -0.25) is 9.69 Å². The highest BCUT2D eigenvalue weighted by Crippen LogP contribution is 2.25. The average molecular weight is 533 g/mol. The molecule has 0 radical (unpaired) electrons. The van der Waals surface area contributed by atoms with Gasteiger partial charge in [0.15, 0.2) is 0 Å². The summed E-state index contributed by atoms with van der Waals surface area (Å²) in [4.78, 5) is 17.8. The minimum Gasteiger partial charge on any atom is -0.394 e. The second-order valence-corrected chi connectivity index (χ2v) is 10.9. The molecule has 1 N–H and O–H groups in total. The van der Waals surface area contributed by atoms with E-state index < -0.39 is 0 Å². The van der Waals surface area contributed by atoms with Gasteiger partial charge < -0.3 is 10.0 Å². The fourth-order valence-corrected chi connectivity index (χ4v) is 5.89. The highest BCUT2D eigenvalue weighted by atomic mass is 16.3. The Bertz CT molecular complexity index is 1270. The summed E-state index contributed by atoms with van der Waals surface area (Å²) in [5, 5.41) is 9.78. The van der Waals surface area contributed by atoms with Gasteiger partial charge in [0, 0.05) is 32.1 Å². The Morgan fingerprint density at radius 2 is 1.30 bits per heavy atom. The van der Waals surface area contributed by atoms with Gasteiger partial charge in [-0.25, -0.2) is 0 Å². The average Bonchev–Trinajstić information content (AvgIpc) is 3.50. The summed E-state index contributed by atoms with van der Waals surface area (Å²) in [6, 6.07) is 40.8. The summed E-state index contributed by atoms with van der Waals surface area (Å²) in [5.74, 6) is 0.167. The number of benzene rings is 4. The van der Waals surface area contributed by atoms with Crippen molar-refractivity contribution < 1.29 is 9.90 Å². The molecule has 40 heavy (non-hydrogen) atoms. The normalized spacial score (nSPS) is 15.8. The van der Waals surface area contributed by atoms with Gasteiger partial charge in [0.2, 0.25) is 5.91 Å². The second kappa shape index (κ2) is 14.1. The second-order valence-electron chi connectivity index (χ2n) is 10.9. The minimum absolute atomic E-state index is 0.0266. The van der Waals surface area contributed by atoms with Crippen LogP contribution >= 0.6 is 0 Å². The fraction of sp³-hybridized carbons (Fsp3) is 0.306. The van der Waals surface area contributed by atoms with Crippen LogP contribution < -0.4 is 0 Å². The number of hydrogen-bond donors (Lipinski definition) is 1. The number of rotatable bonds is 12. The molecule has 4 aromatic rings. The monoisotopic (exact) mass is 532 g/mol. The van der Waals surface area contributed by atoms with Gasteiger partial charge in [0.05, 0.1) is 12.6 Å². The van der Waals surface area contributed by atoms with E-state index in [1.165, 1.54) is 27.8 Å². The van der Waals surface area contributed by atoms with E-state index in [1.807, 2.05) is 11.0 Å². The number of carbonyl (C=O) groups is 1. The summed E-state index contributed by atoms with van der Waals surface area (Å²) in [6.45, 7) is 2.45. The molecule has 5 rings (SSSR count). The summed E-state index contributed by atoms with van der Waals surface area (Å²) in [6.07, 6.45) is 4.00. The zero-order valence-corrected chi connectivity index (χ0v) is 23.2. The molecule has 1 amide bonds. The van der Waals surface area contributed by atoms with Crippen molar-refractivity contribution >= 4 is 5.91 Å². The molecule has 1 saturated heterocycles. The Kier molecular flexibility index (Phi) is 9.78. The van der Waals surface area contributed by atoms with Crippen molar-refractivity contribution in [3.63, 3.8) is 0 Å².